The SMILES string of the molecule is CCc1cccc(C)c1NC(=O)[C@H]1Sc2nnc(-c3ccccc3)n2N[C@H]1c1ccc(Cl)cc1. The summed E-state index contributed by atoms with van der Waals surface area (Å²) in [5.74, 6) is 0.616. The summed E-state index contributed by atoms with van der Waals surface area (Å²) in [5.41, 5.74) is 8.43. The van der Waals surface area contributed by atoms with Crippen LogP contribution >= 0.6 is 23.4 Å². The zero-order chi connectivity index (χ0) is 23.7. The Hall–Kier alpha value is -3.29. The normalized spacial score (nSPS) is 17.0. The summed E-state index contributed by atoms with van der Waals surface area (Å²) in [6.07, 6.45) is 0.836. The van der Waals surface area contributed by atoms with Crippen LogP contribution in [0.4, 0.5) is 5.69 Å². The van der Waals surface area contributed by atoms with E-state index in [0.29, 0.717) is 16.0 Å². The highest BCUT2D eigenvalue weighted by atomic mass is 35.5. The van der Waals surface area contributed by atoms with Crippen molar-refractivity contribution in [1.29, 1.82) is 0 Å². The minimum Gasteiger partial charge on any atom is -0.325 e. The van der Waals surface area contributed by atoms with E-state index in [2.05, 4.69) is 27.9 Å². The zero-order valence-corrected chi connectivity index (χ0v) is 20.4. The number of carbonyl (C=O) groups excluding carboxylic acids is 1. The fourth-order valence-corrected chi connectivity index (χ4v) is 5.35. The van der Waals surface area contributed by atoms with Crippen LogP contribution in [0.15, 0.2) is 78.0 Å². The third kappa shape index (κ3) is 4.29. The first-order valence-electron chi connectivity index (χ1n) is 11.1. The summed E-state index contributed by atoms with van der Waals surface area (Å²) in [6, 6.07) is 23.2. The highest BCUT2D eigenvalue weighted by Gasteiger charge is 2.38. The second-order valence-electron chi connectivity index (χ2n) is 8.16. The van der Waals surface area contributed by atoms with E-state index in [4.69, 9.17) is 11.6 Å². The Balaban J connectivity index is 1.53. The number of aromatic nitrogens is 3. The van der Waals surface area contributed by atoms with Gasteiger partial charge in [-0.25, -0.2) is 4.68 Å². The van der Waals surface area contributed by atoms with Crippen molar-refractivity contribution in [2.75, 3.05) is 10.7 Å². The first-order valence-corrected chi connectivity index (χ1v) is 12.4. The van der Waals surface area contributed by atoms with Crippen molar-refractivity contribution in [3.63, 3.8) is 0 Å². The molecule has 0 spiro atoms. The van der Waals surface area contributed by atoms with Gasteiger partial charge >= 0.3 is 0 Å². The monoisotopic (exact) mass is 489 g/mol. The number of nitrogens with zero attached hydrogens (tertiary/aromatic N) is 3. The molecule has 0 saturated heterocycles. The maximum Gasteiger partial charge on any atom is 0.240 e. The van der Waals surface area contributed by atoms with E-state index >= 15 is 0 Å². The van der Waals surface area contributed by atoms with Gasteiger partial charge in [-0.15, -0.1) is 10.2 Å². The van der Waals surface area contributed by atoms with Crippen molar-refractivity contribution < 1.29 is 4.79 Å². The van der Waals surface area contributed by atoms with Crippen LogP contribution in [0.2, 0.25) is 5.02 Å². The molecule has 2 heterocycles. The number of carbonyl (C=O) groups is 1. The standard InChI is InChI=1S/C26H24ClN5OS/c1-3-17-11-7-8-16(2)21(17)28-25(33)23-22(18-12-14-20(27)15-13-18)31-32-24(29-30-26(32)34-23)19-9-5-4-6-10-19/h4-15,22-23,31H,3H2,1-2H3,(H,28,33)/t22-,23-/m0/s1. The molecule has 0 radical (unpaired) electrons. The van der Waals surface area contributed by atoms with Gasteiger partial charge in [0.2, 0.25) is 11.1 Å². The summed E-state index contributed by atoms with van der Waals surface area (Å²) < 4.78 is 1.87. The Labute approximate surface area is 207 Å². The second kappa shape index (κ2) is 9.52. The number of para-hydroxylation sites is 1. The maximum atomic E-state index is 13.7. The Morgan fingerprint density at radius 1 is 1.06 bits per heavy atom. The number of benzene rings is 3. The fraction of sp³-hybridized carbons (Fsp3) is 0.192. The fourth-order valence-electron chi connectivity index (χ4n) is 4.15. The third-order valence-corrected chi connectivity index (χ3v) is 7.41. The number of hydrogen-bond donors (Lipinski definition) is 2. The molecule has 1 aliphatic heterocycles. The molecule has 0 unspecified atom stereocenters. The molecule has 0 bridgehead atoms. The molecule has 0 saturated carbocycles. The van der Waals surface area contributed by atoms with Gasteiger partial charge < -0.3 is 10.7 Å². The van der Waals surface area contributed by atoms with Crippen LogP contribution in [0.25, 0.3) is 11.4 Å². The van der Waals surface area contributed by atoms with Gasteiger partial charge in [0.1, 0.15) is 5.25 Å². The molecule has 1 aromatic heterocycles. The smallest absolute Gasteiger partial charge is 0.240 e. The van der Waals surface area contributed by atoms with E-state index in [1.165, 1.54) is 11.8 Å². The van der Waals surface area contributed by atoms with Crippen LogP contribution in [0.3, 0.4) is 0 Å². The summed E-state index contributed by atoms with van der Waals surface area (Å²) in [7, 11) is 0. The molecule has 5 rings (SSSR count). The number of rotatable bonds is 5. The van der Waals surface area contributed by atoms with Gasteiger partial charge in [0.15, 0.2) is 5.82 Å². The lowest BCUT2D eigenvalue weighted by molar-refractivity contribution is -0.116. The molecule has 8 heteroatoms. The number of aryl methyl sites for hydroxylation is 2. The quantitative estimate of drug-likeness (QED) is 0.367. The Morgan fingerprint density at radius 3 is 2.56 bits per heavy atom. The van der Waals surface area contributed by atoms with Gasteiger partial charge in [0.05, 0.1) is 6.04 Å². The van der Waals surface area contributed by atoms with E-state index in [-0.39, 0.29) is 11.9 Å². The predicted octanol–water partition coefficient (Wildman–Crippen LogP) is 5.87. The average Bonchev–Trinajstić information content (AvgIpc) is 3.28. The Bertz CT molecular complexity index is 1320. The van der Waals surface area contributed by atoms with E-state index < -0.39 is 5.25 Å². The Morgan fingerprint density at radius 2 is 1.82 bits per heavy atom. The Kier molecular flexibility index (Phi) is 6.30. The van der Waals surface area contributed by atoms with Crippen LogP contribution in [0.1, 0.15) is 29.7 Å². The minimum atomic E-state index is -0.467. The van der Waals surface area contributed by atoms with Crippen molar-refractivity contribution in [3.05, 3.63) is 94.5 Å². The molecule has 4 aromatic rings. The number of hydrogen-bond acceptors (Lipinski definition) is 5. The van der Waals surface area contributed by atoms with Crippen LogP contribution < -0.4 is 10.7 Å². The van der Waals surface area contributed by atoms with E-state index in [0.717, 1.165) is 34.4 Å². The summed E-state index contributed by atoms with van der Waals surface area (Å²) in [6.45, 7) is 4.10. The first-order chi connectivity index (χ1) is 16.5. The number of anilines is 1. The van der Waals surface area contributed by atoms with Crippen molar-refractivity contribution >= 4 is 35.0 Å². The molecule has 0 aliphatic carbocycles. The van der Waals surface area contributed by atoms with Crippen molar-refractivity contribution in [2.45, 2.75) is 36.7 Å². The van der Waals surface area contributed by atoms with Crippen LogP contribution in [-0.2, 0) is 11.2 Å². The summed E-state index contributed by atoms with van der Waals surface area (Å²) in [4.78, 5) is 13.7. The van der Waals surface area contributed by atoms with Crippen molar-refractivity contribution in [1.82, 2.24) is 14.9 Å². The molecule has 2 atom stereocenters. The number of amides is 1. The molecule has 0 fully saturated rings. The lowest BCUT2D eigenvalue weighted by Crippen LogP contribution is -2.41. The number of thioether (sulfide) groups is 1. The second-order valence-corrected chi connectivity index (χ2v) is 9.70. The van der Waals surface area contributed by atoms with Crippen LogP contribution in [0, 0.1) is 6.92 Å². The van der Waals surface area contributed by atoms with Gasteiger partial charge in [-0.3, -0.25) is 4.79 Å². The average molecular weight is 490 g/mol. The lowest BCUT2D eigenvalue weighted by atomic mass is 10.0. The third-order valence-electron chi connectivity index (χ3n) is 5.94. The number of halogens is 1. The summed E-state index contributed by atoms with van der Waals surface area (Å²) in [5, 5.41) is 12.8. The first kappa shape index (κ1) is 22.5. The molecule has 172 valence electrons. The molecule has 34 heavy (non-hydrogen) atoms. The zero-order valence-electron chi connectivity index (χ0n) is 18.8. The van der Waals surface area contributed by atoms with E-state index in [1.807, 2.05) is 84.4 Å². The number of fused-ring (bicyclic) bond motifs is 1. The molecule has 6 nitrogen and oxygen atoms in total. The highest BCUT2D eigenvalue weighted by molar-refractivity contribution is 8.00. The molecule has 1 aliphatic rings. The van der Waals surface area contributed by atoms with Crippen molar-refractivity contribution in [3.8, 4) is 11.4 Å². The van der Waals surface area contributed by atoms with Gasteiger partial charge in [-0.05, 0) is 42.2 Å². The molecule has 2 N–H and O–H groups in total. The maximum absolute atomic E-state index is 13.7. The molecule has 1 amide bonds. The van der Waals surface area contributed by atoms with Crippen LogP contribution in [-0.4, -0.2) is 26.0 Å². The molecule has 3 aromatic carbocycles. The van der Waals surface area contributed by atoms with E-state index in [1.54, 1.807) is 0 Å². The van der Waals surface area contributed by atoms with Gasteiger partial charge in [-0.1, -0.05) is 91.0 Å². The largest absolute Gasteiger partial charge is 0.325 e. The lowest BCUT2D eigenvalue weighted by Gasteiger charge is -2.33. The van der Waals surface area contributed by atoms with E-state index in [9.17, 15) is 4.79 Å². The molecular formula is C26H24ClN5OS. The molecular weight excluding hydrogens is 466 g/mol. The predicted molar refractivity (Wildman–Crippen MR) is 138 cm³/mol. The highest BCUT2D eigenvalue weighted by Crippen LogP contribution is 2.39. The summed E-state index contributed by atoms with van der Waals surface area (Å²) >= 11 is 7.55. The van der Waals surface area contributed by atoms with Gasteiger partial charge in [0.25, 0.3) is 0 Å². The van der Waals surface area contributed by atoms with Crippen LogP contribution in [0.5, 0.6) is 0 Å². The minimum absolute atomic E-state index is 0.0861. The van der Waals surface area contributed by atoms with Gasteiger partial charge in [-0.2, -0.15) is 0 Å². The van der Waals surface area contributed by atoms with Gasteiger partial charge in [0, 0.05) is 16.3 Å². The topological polar surface area (TPSA) is 71.8 Å². The van der Waals surface area contributed by atoms with Crippen molar-refractivity contribution in [2.24, 2.45) is 0 Å². The number of nitrogens with one attached hydrogen (secondary N) is 2.